The number of aliphatic hydroxyl groups excluding tert-OH is 1. The van der Waals surface area contributed by atoms with E-state index in [1.165, 1.54) is 0 Å². The standard InChI is InChI=1S/C11H20N2O5/c14-7-6-12-2-1-3-13(5-4-12)10(15)8-18-9-11(16)17/h14H,1-9H2,(H,16,17). The molecule has 0 unspecified atom stereocenters. The van der Waals surface area contributed by atoms with Crippen molar-refractivity contribution >= 4 is 11.9 Å². The molecule has 0 aliphatic carbocycles. The highest BCUT2D eigenvalue weighted by molar-refractivity contribution is 5.78. The van der Waals surface area contributed by atoms with E-state index in [2.05, 4.69) is 4.90 Å². The minimum atomic E-state index is -1.08. The Labute approximate surface area is 106 Å². The molecule has 0 radical (unpaired) electrons. The van der Waals surface area contributed by atoms with E-state index in [4.69, 9.17) is 14.9 Å². The molecule has 18 heavy (non-hydrogen) atoms. The Morgan fingerprint density at radius 3 is 2.56 bits per heavy atom. The lowest BCUT2D eigenvalue weighted by Crippen LogP contribution is -2.38. The van der Waals surface area contributed by atoms with Crippen LogP contribution in [-0.4, -0.2) is 84.4 Å². The van der Waals surface area contributed by atoms with Crippen molar-refractivity contribution in [3.05, 3.63) is 0 Å². The number of hydrogen-bond donors (Lipinski definition) is 2. The summed E-state index contributed by atoms with van der Waals surface area (Å²) in [6.45, 7) is 2.94. The van der Waals surface area contributed by atoms with Crippen LogP contribution in [-0.2, 0) is 14.3 Å². The fourth-order valence-corrected chi connectivity index (χ4v) is 1.90. The van der Waals surface area contributed by atoms with E-state index < -0.39 is 12.6 Å². The first kappa shape index (κ1) is 14.9. The van der Waals surface area contributed by atoms with Crippen LogP contribution in [0.15, 0.2) is 0 Å². The molecule has 1 amide bonds. The second-order valence-electron chi connectivity index (χ2n) is 4.19. The monoisotopic (exact) mass is 260 g/mol. The van der Waals surface area contributed by atoms with Gasteiger partial charge in [-0.3, -0.25) is 9.69 Å². The molecular formula is C11H20N2O5. The fraction of sp³-hybridized carbons (Fsp3) is 0.818. The Morgan fingerprint density at radius 2 is 1.89 bits per heavy atom. The molecule has 0 bridgehead atoms. The zero-order valence-electron chi connectivity index (χ0n) is 10.4. The first-order valence-corrected chi connectivity index (χ1v) is 6.04. The third-order valence-electron chi connectivity index (χ3n) is 2.81. The first-order chi connectivity index (χ1) is 8.63. The van der Waals surface area contributed by atoms with Crippen molar-refractivity contribution in [1.82, 2.24) is 9.80 Å². The van der Waals surface area contributed by atoms with Gasteiger partial charge >= 0.3 is 5.97 Å². The number of rotatable bonds is 6. The summed E-state index contributed by atoms with van der Waals surface area (Å²) in [7, 11) is 0. The van der Waals surface area contributed by atoms with Crippen LogP contribution in [0.4, 0.5) is 0 Å². The Morgan fingerprint density at radius 1 is 1.11 bits per heavy atom. The van der Waals surface area contributed by atoms with Crippen molar-refractivity contribution in [1.29, 1.82) is 0 Å². The summed E-state index contributed by atoms with van der Waals surface area (Å²) in [5.41, 5.74) is 0. The summed E-state index contributed by atoms with van der Waals surface area (Å²) in [5, 5.41) is 17.3. The van der Waals surface area contributed by atoms with Crippen LogP contribution in [0.1, 0.15) is 6.42 Å². The number of carbonyl (C=O) groups is 2. The number of carboxylic acids is 1. The van der Waals surface area contributed by atoms with E-state index in [1.54, 1.807) is 4.90 Å². The van der Waals surface area contributed by atoms with Gasteiger partial charge in [-0.25, -0.2) is 4.79 Å². The molecule has 7 heteroatoms. The molecule has 0 atom stereocenters. The fourth-order valence-electron chi connectivity index (χ4n) is 1.90. The second-order valence-corrected chi connectivity index (χ2v) is 4.19. The average Bonchev–Trinajstić information content (AvgIpc) is 2.54. The molecule has 0 spiro atoms. The smallest absolute Gasteiger partial charge is 0.329 e. The Kier molecular flexibility index (Phi) is 6.63. The summed E-state index contributed by atoms with van der Waals surface area (Å²) in [4.78, 5) is 25.8. The maximum absolute atomic E-state index is 11.7. The highest BCUT2D eigenvalue weighted by Gasteiger charge is 2.18. The molecule has 0 aromatic carbocycles. The molecule has 0 saturated carbocycles. The lowest BCUT2D eigenvalue weighted by atomic mass is 10.4. The van der Waals surface area contributed by atoms with Crippen molar-refractivity contribution < 1.29 is 24.5 Å². The summed E-state index contributed by atoms with van der Waals surface area (Å²) >= 11 is 0. The zero-order valence-corrected chi connectivity index (χ0v) is 10.4. The molecule has 0 aromatic rings. The molecule has 1 rings (SSSR count). The minimum absolute atomic E-state index is 0.121. The molecule has 0 aromatic heterocycles. The quantitative estimate of drug-likeness (QED) is 0.611. The summed E-state index contributed by atoms with van der Waals surface area (Å²) in [5.74, 6) is -1.25. The summed E-state index contributed by atoms with van der Waals surface area (Å²) in [6.07, 6.45) is 0.852. The molecule has 2 N–H and O–H groups in total. The van der Waals surface area contributed by atoms with Gasteiger partial charge in [0.05, 0.1) is 6.61 Å². The number of aliphatic carboxylic acids is 1. The number of nitrogens with zero attached hydrogens (tertiary/aromatic N) is 2. The van der Waals surface area contributed by atoms with Gasteiger partial charge in [0.2, 0.25) is 5.91 Å². The normalized spacial score (nSPS) is 17.5. The number of amides is 1. The van der Waals surface area contributed by atoms with Crippen molar-refractivity contribution in [3.8, 4) is 0 Å². The van der Waals surface area contributed by atoms with E-state index >= 15 is 0 Å². The minimum Gasteiger partial charge on any atom is -0.480 e. The molecule has 1 fully saturated rings. The highest BCUT2D eigenvalue weighted by Crippen LogP contribution is 2.03. The van der Waals surface area contributed by atoms with Gasteiger partial charge in [0.15, 0.2) is 0 Å². The SMILES string of the molecule is O=C(O)COCC(=O)N1CCCN(CCO)CC1. The molecule has 1 saturated heterocycles. The van der Waals surface area contributed by atoms with Gasteiger partial charge in [0, 0.05) is 26.2 Å². The number of carboxylic acid groups (broad SMARTS) is 1. The topological polar surface area (TPSA) is 90.3 Å². The van der Waals surface area contributed by atoms with Gasteiger partial charge in [0.1, 0.15) is 13.2 Å². The van der Waals surface area contributed by atoms with Crippen LogP contribution in [0.2, 0.25) is 0 Å². The van der Waals surface area contributed by atoms with E-state index in [0.29, 0.717) is 19.6 Å². The van der Waals surface area contributed by atoms with Gasteiger partial charge in [-0.1, -0.05) is 0 Å². The number of hydrogen-bond acceptors (Lipinski definition) is 5. The Balaban J connectivity index is 2.28. The Hall–Kier alpha value is -1.18. The third-order valence-corrected chi connectivity index (χ3v) is 2.81. The van der Waals surface area contributed by atoms with Crippen LogP contribution < -0.4 is 0 Å². The summed E-state index contributed by atoms with van der Waals surface area (Å²) < 4.78 is 4.78. The third kappa shape index (κ3) is 5.44. The van der Waals surface area contributed by atoms with E-state index in [9.17, 15) is 9.59 Å². The maximum atomic E-state index is 11.7. The van der Waals surface area contributed by atoms with Gasteiger partial charge in [-0.15, -0.1) is 0 Å². The summed E-state index contributed by atoms with van der Waals surface area (Å²) in [6, 6.07) is 0. The zero-order chi connectivity index (χ0) is 13.4. The van der Waals surface area contributed by atoms with Crippen LogP contribution in [0, 0.1) is 0 Å². The molecule has 1 aliphatic rings. The molecule has 1 heterocycles. The second kappa shape index (κ2) is 8.02. The molecule has 1 aliphatic heterocycles. The molecular weight excluding hydrogens is 240 g/mol. The van der Waals surface area contributed by atoms with Gasteiger partial charge in [-0.2, -0.15) is 0 Å². The lowest BCUT2D eigenvalue weighted by molar-refractivity contribution is -0.145. The van der Waals surface area contributed by atoms with Gasteiger partial charge in [0.25, 0.3) is 0 Å². The highest BCUT2D eigenvalue weighted by atomic mass is 16.5. The average molecular weight is 260 g/mol. The van der Waals surface area contributed by atoms with Crippen LogP contribution >= 0.6 is 0 Å². The van der Waals surface area contributed by atoms with Crippen LogP contribution in [0.25, 0.3) is 0 Å². The number of β-amino-alcohol motifs (C(OH)–C–C–N with tert-alkyl or cyclic N) is 1. The van der Waals surface area contributed by atoms with E-state index in [1.807, 2.05) is 0 Å². The van der Waals surface area contributed by atoms with Crippen molar-refractivity contribution in [2.45, 2.75) is 6.42 Å². The number of aliphatic hydroxyl groups is 1. The van der Waals surface area contributed by atoms with Crippen LogP contribution in [0.3, 0.4) is 0 Å². The predicted molar refractivity (Wildman–Crippen MR) is 63.2 cm³/mol. The van der Waals surface area contributed by atoms with E-state index in [0.717, 1.165) is 19.5 Å². The lowest BCUT2D eigenvalue weighted by Gasteiger charge is -2.21. The van der Waals surface area contributed by atoms with Crippen LogP contribution in [0.5, 0.6) is 0 Å². The predicted octanol–water partition coefficient (Wildman–Crippen LogP) is -1.39. The van der Waals surface area contributed by atoms with E-state index in [-0.39, 0.29) is 19.1 Å². The molecule has 104 valence electrons. The van der Waals surface area contributed by atoms with Crippen molar-refractivity contribution in [2.24, 2.45) is 0 Å². The Bertz CT molecular complexity index is 285. The first-order valence-electron chi connectivity index (χ1n) is 6.04. The number of ether oxygens (including phenoxy) is 1. The maximum Gasteiger partial charge on any atom is 0.329 e. The molecule has 7 nitrogen and oxygen atoms in total. The van der Waals surface area contributed by atoms with Crippen molar-refractivity contribution in [2.75, 3.05) is 52.5 Å². The number of carbonyl (C=O) groups excluding carboxylic acids is 1. The van der Waals surface area contributed by atoms with Gasteiger partial charge < -0.3 is 19.8 Å². The van der Waals surface area contributed by atoms with Crippen molar-refractivity contribution in [3.63, 3.8) is 0 Å². The largest absolute Gasteiger partial charge is 0.480 e. The van der Waals surface area contributed by atoms with Gasteiger partial charge in [-0.05, 0) is 13.0 Å².